The number of nitrogens with one attached hydrogen (secondary N) is 1. The van der Waals surface area contributed by atoms with E-state index < -0.39 is 0 Å². The molecule has 0 aromatic heterocycles. The van der Waals surface area contributed by atoms with Crippen LogP contribution in [0.5, 0.6) is 5.75 Å². The van der Waals surface area contributed by atoms with Crippen LogP contribution in [0.25, 0.3) is 10.8 Å². The van der Waals surface area contributed by atoms with Crippen molar-refractivity contribution in [3.63, 3.8) is 0 Å². The van der Waals surface area contributed by atoms with Crippen molar-refractivity contribution >= 4 is 35.6 Å². The van der Waals surface area contributed by atoms with E-state index in [4.69, 9.17) is 4.74 Å². The lowest BCUT2D eigenvalue weighted by Gasteiger charge is -2.39. The van der Waals surface area contributed by atoms with Crippen molar-refractivity contribution in [1.29, 1.82) is 0 Å². The summed E-state index contributed by atoms with van der Waals surface area (Å²) in [6.07, 6.45) is 5.52. The largest absolute Gasteiger partial charge is 0.496 e. The van der Waals surface area contributed by atoms with Crippen LogP contribution in [0.4, 0.5) is 0 Å². The van der Waals surface area contributed by atoms with E-state index in [2.05, 4.69) is 46.6 Å². The first-order chi connectivity index (χ1) is 11.9. The molecule has 3 nitrogen and oxygen atoms in total. The molecule has 2 fully saturated rings. The SMILES string of the molecule is COc1ccc([C@@H](C2CCCC2)N2CCNCC2)c2ccccc12.Cl.Cl. The van der Waals surface area contributed by atoms with Gasteiger partial charge in [0.05, 0.1) is 7.11 Å². The van der Waals surface area contributed by atoms with Crippen molar-refractivity contribution in [2.75, 3.05) is 33.3 Å². The van der Waals surface area contributed by atoms with Crippen LogP contribution >= 0.6 is 24.8 Å². The second kappa shape index (κ2) is 9.80. The first kappa shape index (κ1) is 21.3. The number of benzene rings is 2. The number of nitrogens with zero attached hydrogens (tertiary/aromatic N) is 1. The molecule has 2 aromatic rings. The van der Waals surface area contributed by atoms with Crippen LogP contribution in [-0.4, -0.2) is 38.2 Å². The summed E-state index contributed by atoms with van der Waals surface area (Å²) in [5.74, 6) is 1.78. The van der Waals surface area contributed by atoms with Gasteiger partial charge in [-0.1, -0.05) is 43.2 Å². The normalized spacial score (nSPS) is 19.6. The third kappa shape index (κ3) is 4.12. The Hall–Kier alpha value is -1.000. The number of piperazine rings is 1. The molecule has 1 aliphatic heterocycles. The fraction of sp³-hybridized carbons (Fsp3) is 0.524. The van der Waals surface area contributed by atoms with Gasteiger partial charge in [0.15, 0.2) is 0 Å². The molecular weight excluding hydrogens is 367 g/mol. The quantitative estimate of drug-likeness (QED) is 0.800. The predicted molar refractivity (Wildman–Crippen MR) is 114 cm³/mol. The lowest BCUT2D eigenvalue weighted by atomic mass is 9.86. The molecule has 1 saturated heterocycles. The highest BCUT2D eigenvalue weighted by atomic mass is 35.5. The van der Waals surface area contributed by atoms with Gasteiger partial charge in [0, 0.05) is 37.6 Å². The monoisotopic (exact) mass is 396 g/mol. The maximum Gasteiger partial charge on any atom is 0.126 e. The van der Waals surface area contributed by atoms with E-state index in [0.717, 1.165) is 37.8 Å². The van der Waals surface area contributed by atoms with Gasteiger partial charge in [0.25, 0.3) is 0 Å². The zero-order chi connectivity index (χ0) is 16.4. The Balaban J connectivity index is 0.00000121. The Kier molecular flexibility index (Phi) is 8.03. The van der Waals surface area contributed by atoms with Crippen molar-refractivity contribution in [2.24, 2.45) is 5.92 Å². The topological polar surface area (TPSA) is 24.5 Å². The molecular formula is C21H30Cl2N2O. The number of methoxy groups -OCH3 is 1. The number of hydrogen-bond donors (Lipinski definition) is 1. The lowest BCUT2D eigenvalue weighted by Crippen LogP contribution is -2.46. The molecule has 1 aliphatic carbocycles. The van der Waals surface area contributed by atoms with Crippen molar-refractivity contribution in [2.45, 2.75) is 31.7 Å². The molecule has 5 heteroatoms. The molecule has 0 bridgehead atoms. The van der Waals surface area contributed by atoms with E-state index in [9.17, 15) is 0 Å². The van der Waals surface area contributed by atoms with Gasteiger partial charge in [-0.3, -0.25) is 4.90 Å². The van der Waals surface area contributed by atoms with Crippen molar-refractivity contribution in [3.05, 3.63) is 42.0 Å². The third-order valence-corrected chi connectivity index (χ3v) is 5.85. The van der Waals surface area contributed by atoms with E-state index in [0.29, 0.717) is 6.04 Å². The highest BCUT2D eigenvalue weighted by Gasteiger charge is 2.33. The van der Waals surface area contributed by atoms with Crippen molar-refractivity contribution in [1.82, 2.24) is 10.2 Å². The van der Waals surface area contributed by atoms with Crippen LogP contribution in [0.3, 0.4) is 0 Å². The minimum Gasteiger partial charge on any atom is -0.496 e. The lowest BCUT2D eigenvalue weighted by molar-refractivity contribution is 0.126. The van der Waals surface area contributed by atoms with Gasteiger partial charge in [0.2, 0.25) is 0 Å². The second-order valence-electron chi connectivity index (χ2n) is 7.18. The molecule has 1 heterocycles. The minimum atomic E-state index is 0. The molecule has 26 heavy (non-hydrogen) atoms. The molecule has 0 amide bonds. The smallest absolute Gasteiger partial charge is 0.126 e. The van der Waals surface area contributed by atoms with Crippen LogP contribution in [-0.2, 0) is 0 Å². The summed E-state index contributed by atoms with van der Waals surface area (Å²) < 4.78 is 5.61. The zero-order valence-electron chi connectivity index (χ0n) is 15.4. The average Bonchev–Trinajstić information content (AvgIpc) is 3.17. The van der Waals surface area contributed by atoms with E-state index in [1.165, 1.54) is 42.0 Å². The highest BCUT2D eigenvalue weighted by Crippen LogP contribution is 2.43. The number of ether oxygens (including phenoxy) is 1. The maximum atomic E-state index is 5.61. The van der Waals surface area contributed by atoms with Gasteiger partial charge in [-0.05, 0) is 35.8 Å². The highest BCUT2D eigenvalue weighted by molar-refractivity contribution is 5.91. The van der Waals surface area contributed by atoms with Crippen LogP contribution in [0.15, 0.2) is 36.4 Å². The van der Waals surface area contributed by atoms with Crippen LogP contribution in [0.1, 0.15) is 37.3 Å². The molecule has 4 rings (SSSR count). The Morgan fingerprint density at radius 3 is 2.27 bits per heavy atom. The van der Waals surface area contributed by atoms with Crippen LogP contribution in [0, 0.1) is 5.92 Å². The summed E-state index contributed by atoms with van der Waals surface area (Å²) in [6.45, 7) is 4.53. The number of rotatable bonds is 4. The van der Waals surface area contributed by atoms with E-state index in [1.807, 2.05) is 0 Å². The maximum absolute atomic E-state index is 5.61. The zero-order valence-corrected chi connectivity index (χ0v) is 17.1. The number of halogens is 2. The van der Waals surface area contributed by atoms with Gasteiger partial charge in [-0.2, -0.15) is 0 Å². The van der Waals surface area contributed by atoms with E-state index in [-0.39, 0.29) is 24.8 Å². The van der Waals surface area contributed by atoms with Crippen molar-refractivity contribution in [3.8, 4) is 5.75 Å². The summed E-state index contributed by atoms with van der Waals surface area (Å²) in [5, 5.41) is 6.12. The third-order valence-electron chi connectivity index (χ3n) is 5.85. The summed E-state index contributed by atoms with van der Waals surface area (Å²) >= 11 is 0. The van der Waals surface area contributed by atoms with Crippen molar-refractivity contribution < 1.29 is 4.74 Å². The van der Waals surface area contributed by atoms with E-state index in [1.54, 1.807) is 7.11 Å². The average molecular weight is 397 g/mol. The Labute approximate surface area is 169 Å². The number of fused-ring (bicyclic) bond motifs is 1. The predicted octanol–water partition coefficient (Wildman–Crippen LogP) is 4.83. The summed E-state index contributed by atoms with van der Waals surface area (Å²) in [5.41, 5.74) is 1.50. The number of hydrogen-bond acceptors (Lipinski definition) is 3. The Morgan fingerprint density at radius 2 is 1.62 bits per heavy atom. The summed E-state index contributed by atoms with van der Waals surface area (Å²) in [4.78, 5) is 2.72. The van der Waals surface area contributed by atoms with E-state index >= 15 is 0 Å². The molecule has 1 saturated carbocycles. The summed E-state index contributed by atoms with van der Waals surface area (Å²) in [7, 11) is 1.77. The Bertz CT molecular complexity index is 697. The van der Waals surface area contributed by atoms with Crippen LogP contribution in [0.2, 0.25) is 0 Å². The van der Waals surface area contributed by atoms with Crippen LogP contribution < -0.4 is 10.1 Å². The molecule has 0 unspecified atom stereocenters. The van der Waals surface area contributed by atoms with Gasteiger partial charge in [0.1, 0.15) is 5.75 Å². The molecule has 0 radical (unpaired) electrons. The molecule has 144 valence electrons. The van der Waals surface area contributed by atoms with Gasteiger partial charge in [-0.25, -0.2) is 0 Å². The molecule has 0 spiro atoms. The van der Waals surface area contributed by atoms with Gasteiger partial charge < -0.3 is 10.1 Å². The Morgan fingerprint density at radius 1 is 0.962 bits per heavy atom. The van der Waals surface area contributed by atoms with Gasteiger partial charge in [-0.15, -0.1) is 24.8 Å². The fourth-order valence-electron chi connectivity index (χ4n) is 4.71. The first-order valence-electron chi connectivity index (χ1n) is 9.39. The first-order valence-corrected chi connectivity index (χ1v) is 9.39. The minimum absolute atomic E-state index is 0. The standard InChI is InChI=1S/C21H28N2O.2ClH/c1-24-20-11-10-19(17-8-4-5-9-18(17)20)21(16-6-2-3-7-16)23-14-12-22-13-15-23;;/h4-5,8-11,16,21-22H,2-3,6-7,12-15H2,1H3;2*1H/t21-;;/m1../s1. The second-order valence-corrected chi connectivity index (χ2v) is 7.18. The summed E-state index contributed by atoms with van der Waals surface area (Å²) in [6, 6.07) is 13.8. The molecule has 1 atom stereocenters. The molecule has 1 N–H and O–H groups in total. The fourth-order valence-corrected chi connectivity index (χ4v) is 4.71. The van der Waals surface area contributed by atoms with Gasteiger partial charge >= 0.3 is 0 Å². The molecule has 2 aliphatic rings. The molecule has 2 aromatic carbocycles.